The molecule has 0 aliphatic rings. The molecule has 1 amide bonds. The summed E-state index contributed by atoms with van der Waals surface area (Å²) in [5.41, 5.74) is 3.14. The fourth-order valence-electron chi connectivity index (χ4n) is 3.62. The van der Waals surface area contributed by atoms with E-state index in [4.69, 9.17) is 0 Å². The number of para-hydroxylation sites is 2. The molecule has 0 spiro atoms. The molecule has 0 radical (unpaired) electrons. The first kappa shape index (κ1) is 24.1. The van der Waals surface area contributed by atoms with Crippen LogP contribution in [0.3, 0.4) is 0 Å². The van der Waals surface area contributed by atoms with E-state index in [2.05, 4.69) is 46.0 Å². The molecule has 3 aromatic carbocycles. The minimum absolute atomic E-state index is 0.0457. The molecule has 4 aromatic rings. The third kappa shape index (κ3) is 5.90. The summed E-state index contributed by atoms with van der Waals surface area (Å²) in [5, 5.41) is 9.67. The highest BCUT2D eigenvalue weighted by atomic mass is 32.2. The summed E-state index contributed by atoms with van der Waals surface area (Å²) in [6, 6.07) is 28.4. The van der Waals surface area contributed by atoms with Crippen LogP contribution in [-0.2, 0) is 10.5 Å². The zero-order valence-electron chi connectivity index (χ0n) is 19.6. The van der Waals surface area contributed by atoms with Crippen LogP contribution >= 0.6 is 23.5 Å². The number of rotatable bonds is 9. The number of nitrogens with zero attached hydrogens (tertiary/aromatic N) is 4. The summed E-state index contributed by atoms with van der Waals surface area (Å²) < 4.78 is 2.06. The number of hydrogen-bond donors (Lipinski definition) is 0. The number of hydrogen-bond acceptors (Lipinski definition) is 5. The average Bonchev–Trinajstić information content (AvgIpc) is 3.26. The van der Waals surface area contributed by atoms with Gasteiger partial charge in [0.05, 0.1) is 11.5 Å². The quantitative estimate of drug-likeness (QED) is 0.255. The minimum atomic E-state index is 0.0457. The molecule has 174 valence electrons. The van der Waals surface area contributed by atoms with Crippen molar-refractivity contribution in [1.82, 2.24) is 14.8 Å². The van der Waals surface area contributed by atoms with Crippen molar-refractivity contribution in [2.45, 2.75) is 42.6 Å². The van der Waals surface area contributed by atoms with Crippen molar-refractivity contribution >= 4 is 35.1 Å². The van der Waals surface area contributed by atoms with Crippen molar-refractivity contribution in [2.75, 3.05) is 10.7 Å². The van der Waals surface area contributed by atoms with Crippen molar-refractivity contribution in [3.63, 3.8) is 0 Å². The summed E-state index contributed by atoms with van der Waals surface area (Å²) in [6.07, 6.45) is 0. The van der Waals surface area contributed by atoms with E-state index in [1.807, 2.05) is 79.4 Å². The van der Waals surface area contributed by atoms with E-state index in [9.17, 15) is 4.79 Å². The molecule has 1 heterocycles. The lowest BCUT2D eigenvalue weighted by molar-refractivity contribution is -0.116. The Balaban J connectivity index is 1.54. The monoisotopic (exact) mass is 488 g/mol. The van der Waals surface area contributed by atoms with Crippen LogP contribution in [0.25, 0.3) is 5.69 Å². The SMILES string of the molecule is Cc1ccc(SCc2nnc(SCC(=O)N(c3ccccc3)C(C)C)n2-c2ccccc2)cc1. The summed E-state index contributed by atoms with van der Waals surface area (Å²) in [6.45, 7) is 6.15. The van der Waals surface area contributed by atoms with Crippen molar-refractivity contribution < 1.29 is 4.79 Å². The van der Waals surface area contributed by atoms with Crippen LogP contribution < -0.4 is 4.90 Å². The first-order chi connectivity index (χ1) is 16.5. The van der Waals surface area contributed by atoms with E-state index in [1.165, 1.54) is 22.2 Å². The maximum atomic E-state index is 13.2. The van der Waals surface area contributed by atoms with Crippen LogP contribution in [0.4, 0.5) is 5.69 Å². The fraction of sp³-hybridized carbons (Fsp3) is 0.222. The van der Waals surface area contributed by atoms with Crippen molar-refractivity contribution in [1.29, 1.82) is 0 Å². The Kier molecular flexibility index (Phi) is 8.08. The van der Waals surface area contributed by atoms with E-state index in [0.717, 1.165) is 22.4 Å². The smallest absolute Gasteiger partial charge is 0.237 e. The zero-order valence-corrected chi connectivity index (χ0v) is 21.2. The van der Waals surface area contributed by atoms with Gasteiger partial charge in [-0.15, -0.1) is 22.0 Å². The van der Waals surface area contributed by atoms with Crippen LogP contribution in [0.15, 0.2) is 95.0 Å². The Bertz CT molecular complexity index is 1210. The van der Waals surface area contributed by atoms with E-state index < -0.39 is 0 Å². The van der Waals surface area contributed by atoms with Gasteiger partial charge in [-0.2, -0.15) is 0 Å². The second-order valence-corrected chi connectivity index (χ2v) is 10.1. The number of carbonyl (C=O) groups is 1. The number of aromatic nitrogens is 3. The summed E-state index contributed by atoms with van der Waals surface area (Å²) in [7, 11) is 0. The van der Waals surface area contributed by atoms with Gasteiger partial charge in [0.1, 0.15) is 5.82 Å². The molecule has 4 rings (SSSR count). The van der Waals surface area contributed by atoms with Gasteiger partial charge >= 0.3 is 0 Å². The maximum Gasteiger partial charge on any atom is 0.237 e. The molecule has 7 heteroatoms. The summed E-state index contributed by atoms with van der Waals surface area (Å²) in [5.74, 6) is 1.87. The van der Waals surface area contributed by atoms with E-state index >= 15 is 0 Å². The van der Waals surface area contributed by atoms with Gasteiger partial charge in [-0.25, -0.2) is 0 Å². The molecule has 34 heavy (non-hydrogen) atoms. The number of amides is 1. The Morgan fingerprint density at radius 1 is 0.882 bits per heavy atom. The van der Waals surface area contributed by atoms with Gasteiger partial charge in [-0.3, -0.25) is 9.36 Å². The largest absolute Gasteiger partial charge is 0.309 e. The van der Waals surface area contributed by atoms with Gasteiger partial charge in [-0.1, -0.05) is 65.9 Å². The molecule has 1 aromatic heterocycles. The Morgan fingerprint density at radius 3 is 2.18 bits per heavy atom. The van der Waals surface area contributed by atoms with Crippen LogP contribution in [0.1, 0.15) is 25.2 Å². The van der Waals surface area contributed by atoms with Gasteiger partial charge in [0.2, 0.25) is 5.91 Å². The van der Waals surface area contributed by atoms with Gasteiger partial charge in [-0.05, 0) is 57.2 Å². The Hall–Kier alpha value is -3.03. The lowest BCUT2D eigenvalue weighted by Gasteiger charge is -2.26. The van der Waals surface area contributed by atoms with E-state index in [-0.39, 0.29) is 17.7 Å². The predicted molar refractivity (Wildman–Crippen MR) is 142 cm³/mol. The molecule has 0 saturated heterocycles. The van der Waals surface area contributed by atoms with Crippen molar-refractivity contribution in [3.05, 3.63) is 96.3 Å². The number of benzene rings is 3. The standard InChI is InChI=1S/C27H28N4OS2/c1-20(2)30(22-10-6-4-7-11-22)26(32)19-34-27-29-28-25(31(27)23-12-8-5-9-13-23)18-33-24-16-14-21(3)15-17-24/h4-17,20H,18-19H2,1-3H3. The van der Waals surface area contributed by atoms with Crippen LogP contribution in [0, 0.1) is 6.92 Å². The molecule has 5 nitrogen and oxygen atoms in total. The highest BCUT2D eigenvalue weighted by Crippen LogP contribution is 2.28. The molecule has 0 unspecified atom stereocenters. The zero-order chi connectivity index (χ0) is 23.9. The molecule has 0 atom stereocenters. The molecule has 0 fully saturated rings. The van der Waals surface area contributed by atoms with E-state index in [0.29, 0.717) is 5.75 Å². The number of thioether (sulfide) groups is 2. The van der Waals surface area contributed by atoms with E-state index in [1.54, 1.807) is 11.8 Å². The Morgan fingerprint density at radius 2 is 1.53 bits per heavy atom. The highest BCUT2D eigenvalue weighted by Gasteiger charge is 2.21. The highest BCUT2D eigenvalue weighted by molar-refractivity contribution is 7.99. The second-order valence-electron chi connectivity index (χ2n) is 8.15. The fourth-order valence-corrected chi connectivity index (χ4v) is 5.26. The average molecular weight is 489 g/mol. The molecule has 0 bridgehead atoms. The van der Waals surface area contributed by atoms with Gasteiger partial charge in [0.25, 0.3) is 0 Å². The van der Waals surface area contributed by atoms with Crippen LogP contribution in [0.2, 0.25) is 0 Å². The molecule has 0 saturated carbocycles. The van der Waals surface area contributed by atoms with Crippen molar-refractivity contribution in [3.8, 4) is 5.69 Å². The third-order valence-electron chi connectivity index (χ3n) is 5.25. The maximum absolute atomic E-state index is 13.2. The number of carbonyl (C=O) groups excluding carboxylic acids is 1. The molecule has 0 N–H and O–H groups in total. The van der Waals surface area contributed by atoms with Crippen LogP contribution in [0.5, 0.6) is 0 Å². The minimum Gasteiger partial charge on any atom is -0.309 e. The predicted octanol–water partition coefficient (Wildman–Crippen LogP) is 6.40. The second kappa shape index (κ2) is 11.4. The topological polar surface area (TPSA) is 51.0 Å². The number of anilines is 1. The molecule has 0 aliphatic carbocycles. The van der Waals surface area contributed by atoms with Gasteiger partial charge in [0.15, 0.2) is 5.16 Å². The first-order valence-electron chi connectivity index (χ1n) is 11.2. The van der Waals surface area contributed by atoms with Gasteiger partial charge in [0, 0.05) is 22.3 Å². The van der Waals surface area contributed by atoms with Gasteiger partial charge < -0.3 is 4.90 Å². The molecular weight excluding hydrogens is 460 g/mol. The number of aryl methyl sites for hydroxylation is 1. The summed E-state index contributed by atoms with van der Waals surface area (Å²) >= 11 is 3.15. The summed E-state index contributed by atoms with van der Waals surface area (Å²) in [4.78, 5) is 16.2. The lowest BCUT2D eigenvalue weighted by atomic mass is 10.2. The Labute approximate surface area is 209 Å². The first-order valence-corrected chi connectivity index (χ1v) is 13.2. The normalized spacial score (nSPS) is 11.1. The molecule has 0 aliphatic heterocycles. The van der Waals surface area contributed by atoms with Crippen molar-refractivity contribution in [2.24, 2.45) is 0 Å². The van der Waals surface area contributed by atoms with Crippen LogP contribution in [-0.4, -0.2) is 32.5 Å². The third-order valence-corrected chi connectivity index (χ3v) is 7.17. The lowest BCUT2D eigenvalue weighted by Crippen LogP contribution is -2.38. The molecular formula is C27H28N4OS2.